The summed E-state index contributed by atoms with van der Waals surface area (Å²) in [5, 5.41) is 7.45. The molecule has 1 heterocycles. The maximum Gasteiger partial charge on any atom is 0.309 e. The second kappa shape index (κ2) is 2.90. The Labute approximate surface area is 74.5 Å². The molecule has 0 aliphatic heterocycles. The van der Waals surface area contributed by atoms with Crippen LogP contribution in [0.3, 0.4) is 0 Å². The number of aromatic nitrogens is 2. The number of carbonyl (C=O) groups excluding carboxylic acids is 1. The first-order valence-electron chi connectivity index (χ1n) is 3.89. The van der Waals surface area contributed by atoms with Crippen LogP contribution in [0.1, 0.15) is 6.92 Å². The molecule has 1 aromatic heterocycles. The number of carbonyl (C=O) groups is 1. The molecule has 66 valence electrons. The molecule has 13 heavy (non-hydrogen) atoms. The van der Waals surface area contributed by atoms with E-state index in [-0.39, 0.29) is 5.97 Å². The summed E-state index contributed by atoms with van der Waals surface area (Å²) in [7, 11) is 0. The Bertz CT molecular complexity index is 448. The van der Waals surface area contributed by atoms with Crippen molar-refractivity contribution in [2.24, 2.45) is 0 Å². The number of fused-ring (bicyclic) bond motifs is 1. The van der Waals surface area contributed by atoms with Crippen LogP contribution < -0.4 is 4.74 Å². The molecule has 4 heteroatoms. The van der Waals surface area contributed by atoms with Crippen molar-refractivity contribution in [3.05, 3.63) is 24.3 Å². The number of ether oxygens (including phenoxy) is 1. The van der Waals surface area contributed by atoms with Gasteiger partial charge in [-0.3, -0.25) is 9.89 Å². The van der Waals surface area contributed by atoms with Gasteiger partial charge in [0.05, 0.1) is 10.9 Å². The molecule has 2 aromatic rings. The molecule has 0 unspecified atom stereocenters. The van der Waals surface area contributed by atoms with Gasteiger partial charge in [0, 0.05) is 6.92 Å². The number of H-pyrrole nitrogens is 1. The largest absolute Gasteiger partial charge is 0.405 e. The summed E-state index contributed by atoms with van der Waals surface area (Å²) in [5.41, 5.74) is 0.860. The van der Waals surface area contributed by atoms with Crippen molar-refractivity contribution in [3.63, 3.8) is 0 Å². The third-order valence-electron chi connectivity index (χ3n) is 1.68. The molecule has 4 nitrogen and oxygen atoms in total. The molecule has 0 saturated carbocycles. The van der Waals surface area contributed by atoms with Crippen molar-refractivity contribution in [1.82, 2.24) is 10.2 Å². The smallest absolute Gasteiger partial charge is 0.309 e. The van der Waals surface area contributed by atoms with Crippen molar-refractivity contribution in [1.29, 1.82) is 0 Å². The Morgan fingerprint density at radius 1 is 1.46 bits per heavy atom. The summed E-state index contributed by atoms with van der Waals surface area (Å²) in [6.45, 7) is 1.35. The second-order valence-electron chi connectivity index (χ2n) is 2.67. The molecule has 0 amide bonds. The minimum Gasteiger partial charge on any atom is -0.405 e. The molecule has 0 spiro atoms. The van der Waals surface area contributed by atoms with Gasteiger partial charge in [0.1, 0.15) is 0 Å². The number of rotatable bonds is 1. The van der Waals surface area contributed by atoms with Crippen LogP contribution in [0.25, 0.3) is 10.9 Å². The zero-order chi connectivity index (χ0) is 9.26. The highest BCUT2D eigenvalue weighted by molar-refractivity contribution is 5.86. The fourth-order valence-corrected chi connectivity index (χ4v) is 1.15. The van der Waals surface area contributed by atoms with Crippen molar-refractivity contribution >= 4 is 16.9 Å². The van der Waals surface area contributed by atoms with E-state index in [9.17, 15) is 4.79 Å². The van der Waals surface area contributed by atoms with E-state index in [2.05, 4.69) is 10.2 Å². The number of nitrogens with zero attached hydrogens (tertiary/aromatic N) is 1. The minimum atomic E-state index is -0.364. The van der Waals surface area contributed by atoms with Gasteiger partial charge in [0.2, 0.25) is 5.88 Å². The summed E-state index contributed by atoms with van der Waals surface area (Å²) in [5.74, 6) is -0.0275. The predicted octanol–water partition coefficient (Wildman–Crippen LogP) is 1.49. The highest BCUT2D eigenvalue weighted by Crippen LogP contribution is 2.21. The van der Waals surface area contributed by atoms with E-state index < -0.39 is 0 Å². The van der Waals surface area contributed by atoms with Crippen LogP contribution in [0.5, 0.6) is 5.88 Å². The topological polar surface area (TPSA) is 55.0 Å². The van der Waals surface area contributed by atoms with E-state index in [1.54, 1.807) is 0 Å². The zero-order valence-corrected chi connectivity index (χ0v) is 7.07. The van der Waals surface area contributed by atoms with Crippen LogP contribution in [0.4, 0.5) is 0 Å². The fraction of sp³-hybridized carbons (Fsp3) is 0.111. The number of esters is 1. The second-order valence-corrected chi connectivity index (χ2v) is 2.67. The number of para-hydroxylation sites is 1. The highest BCUT2D eigenvalue weighted by Gasteiger charge is 2.06. The van der Waals surface area contributed by atoms with Gasteiger partial charge in [-0.05, 0) is 12.1 Å². The van der Waals surface area contributed by atoms with Gasteiger partial charge in [-0.2, -0.15) is 0 Å². The summed E-state index contributed by atoms with van der Waals surface area (Å²) in [6, 6.07) is 7.47. The Hall–Kier alpha value is -1.84. The summed E-state index contributed by atoms with van der Waals surface area (Å²) in [4.78, 5) is 10.7. The Morgan fingerprint density at radius 2 is 2.23 bits per heavy atom. The lowest BCUT2D eigenvalue weighted by molar-refractivity contribution is -0.132. The molecule has 0 bridgehead atoms. The van der Waals surface area contributed by atoms with E-state index in [0.29, 0.717) is 5.88 Å². The van der Waals surface area contributed by atoms with Gasteiger partial charge in [-0.1, -0.05) is 12.1 Å². The molecule has 2 rings (SSSR count). The van der Waals surface area contributed by atoms with E-state index in [1.165, 1.54) is 6.92 Å². The lowest BCUT2D eigenvalue weighted by Crippen LogP contribution is -2.01. The summed E-state index contributed by atoms with van der Waals surface area (Å²) < 4.78 is 4.89. The number of hydrogen-bond acceptors (Lipinski definition) is 3. The standard InChI is InChI=1S/C9H8N2O2/c1-6(12)13-9-7-4-2-3-5-8(7)10-11-9/h2-5H,1H3,(H,10,11). The first-order valence-corrected chi connectivity index (χ1v) is 3.89. The predicted molar refractivity (Wildman–Crippen MR) is 47.4 cm³/mol. The molecule has 0 aliphatic carbocycles. The summed E-state index contributed by atoms with van der Waals surface area (Å²) in [6.07, 6.45) is 0. The molecule has 0 saturated heterocycles. The number of hydrogen-bond donors (Lipinski definition) is 1. The van der Waals surface area contributed by atoms with E-state index in [4.69, 9.17) is 4.74 Å². The van der Waals surface area contributed by atoms with Crippen molar-refractivity contribution in [2.75, 3.05) is 0 Å². The first kappa shape index (κ1) is 7.79. The maximum absolute atomic E-state index is 10.7. The number of aromatic amines is 1. The van der Waals surface area contributed by atoms with Crippen LogP contribution in [0.2, 0.25) is 0 Å². The molecule has 0 radical (unpaired) electrons. The quantitative estimate of drug-likeness (QED) is 0.669. The number of benzene rings is 1. The highest BCUT2D eigenvalue weighted by atomic mass is 16.5. The average molecular weight is 176 g/mol. The average Bonchev–Trinajstić information content (AvgIpc) is 2.48. The van der Waals surface area contributed by atoms with E-state index in [0.717, 1.165) is 10.9 Å². The zero-order valence-electron chi connectivity index (χ0n) is 7.07. The SMILES string of the molecule is CC(=O)Oc1n[nH]c2ccccc12. The molecule has 1 aromatic carbocycles. The van der Waals surface area contributed by atoms with Crippen LogP contribution in [0.15, 0.2) is 24.3 Å². The molecule has 0 fully saturated rings. The third-order valence-corrected chi connectivity index (χ3v) is 1.68. The van der Waals surface area contributed by atoms with Gasteiger partial charge in [-0.15, -0.1) is 5.10 Å². The van der Waals surface area contributed by atoms with Crippen molar-refractivity contribution in [2.45, 2.75) is 6.92 Å². The van der Waals surface area contributed by atoms with Crippen LogP contribution >= 0.6 is 0 Å². The van der Waals surface area contributed by atoms with E-state index >= 15 is 0 Å². The lowest BCUT2D eigenvalue weighted by atomic mass is 10.2. The molecule has 1 N–H and O–H groups in total. The summed E-state index contributed by atoms with van der Waals surface area (Å²) >= 11 is 0. The minimum absolute atomic E-state index is 0.336. The van der Waals surface area contributed by atoms with Crippen LogP contribution in [0, 0.1) is 0 Å². The Kier molecular flexibility index (Phi) is 1.73. The molecular weight excluding hydrogens is 168 g/mol. The van der Waals surface area contributed by atoms with Gasteiger partial charge in [-0.25, -0.2) is 0 Å². The van der Waals surface area contributed by atoms with E-state index in [1.807, 2.05) is 24.3 Å². The monoisotopic (exact) mass is 176 g/mol. The van der Waals surface area contributed by atoms with Gasteiger partial charge >= 0.3 is 5.97 Å². The molecule has 0 atom stereocenters. The lowest BCUT2D eigenvalue weighted by Gasteiger charge is -1.94. The molecule has 0 aliphatic rings. The van der Waals surface area contributed by atoms with Crippen molar-refractivity contribution in [3.8, 4) is 5.88 Å². The van der Waals surface area contributed by atoms with Crippen molar-refractivity contribution < 1.29 is 9.53 Å². The first-order chi connectivity index (χ1) is 6.27. The fourth-order valence-electron chi connectivity index (χ4n) is 1.15. The number of nitrogens with one attached hydrogen (secondary N) is 1. The molecular formula is C9H8N2O2. The normalized spacial score (nSPS) is 10.2. The third kappa shape index (κ3) is 1.38. The Morgan fingerprint density at radius 3 is 3.00 bits per heavy atom. The Balaban J connectivity index is 2.51. The van der Waals surface area contributed by atoms with Gasteiger partial charge in [0.25, 0.3) is 0 Å². The van der Waals surface area contributed by atoms with Crippen LogP contribution in [-0.2, 0) is 4.79 Å². The van der Waals surface area contributed by atoms with Gasteiger partial charge in [0.15, 0.2) is 0 Å². The van der Waals surface area contributed by atoms with Crippen LogP contribution in [-0.4, -0.2) is 16.2 Å². The van der Waals surface area contributed by atoms with Gasteiger partial charge < -0.3 is 4.74 Å². The maximum atomic E-state index is 10.7.